The Morgan fingerprint density at radius 2 is 1.94 bits per heavy atom. The molecule has 0 aromatic heterocycles. The Morgan fingerprint density at radius 1 is 1.13 bits per heavy atom. The van der Waals surface area contributed by atoms with Crippen LogP contribution in [-0.2, 0) is 11.3 Å². The van der Waals surface area contributed by atoms with E-state index in [4.69, 9.17) is 0 Å². The van der Waals surface area contributed by atoms with Gasteiger partial charge in [0.05, 0.1) is 0 Å². The molecule has 3 fully saturated rings. The molecule has 2 N–H and O–H groups in total. The van der Waals surface area contributed by atoms with Crippen molar-refractivity contribution >= 4 is 35.8 Å². The second kappa shape index (κ2) is 12.0. The molecular formula is C24H38IN5O. The Kier molecular flexibility index (Phi) is 9.44. The summed E-state index contributed by atoms with van der Waals surface area (Å²) in [5, 5.41) is 6.55. The van der Waals surface area contributed by atoms with Crippen LogP contribution in [0.25, 0.3) is 0 Å². The summed E-state index contributed by atoms with van der Waals surface area (Å²) < 4.78 is 0. The Hall–Kier alpha value is -1.35. The molecule has 3 aliphatic rings. The third-order valence-electron chi connectivity index (χ3n) is 6.73. The molecule has 31 heavy (non-hydrogen) atoms. The lowest BCUT2D eigenvalue weighted by Gasteiger charge is -2.48. The van der Waals surface area contributed by atoms with E-state index in [9.17, 15) is 4.79 Å². The number of piperidine rings is 2. The number of aliphatic imine (C=N–C) groups is 1. The minimum atomic E-state index is 0. The molecule has 0 bridgehead atoms. The molecule has 1 aromatic rings. The molecule has 2 atom stereocenters. The van der Waals surface area contributed by atoms with Gasteiger partial charge in [0, 0.05) is 51.7 Å². The molecule has 4 rings (SSSR count). The van der Waals surface area contributed by atoms with Crippen molar-refractivity contribution in [3.05, 3.63) is 35.9 Å². The molecule has 1 aliphatic carbocycles. The first-order valence-electron chi connectivity index (χ1n) is 11.8. The van der Waals surface area contributed by atoms with Gasteiger partial charge in [-0.15, -0.1) is 24.0 Å². The van der Waals surface area contributed by atoms with E-state index in [-0.39, 0.29) is 29.9 Å². The zero-order valence-corrected chi connectivity index (χ0v) is 21.1. The van der Waals surface area contributed by atoms with Crippen LogP contribution in [0.2, 0.25) is 0 Å². The summed E-state index contributed by atoms with van der Waals surface area (Å²) in [4.78, 5) is 21.5. The number of guanidine groups is 1. The van der Waals surface area contributed by atoms with E-state index in [1.165, 1.54) is 31.4 Å². The summed E-state index contributed by atoms with van der Waals surface area (Å²) in [6.45, 7) is 5.21. The average molecular weight is 540 g/mol. The maximum absolute atomic E-state index is 11.8. The van der Waals surface area contributed by atoms with Gasteiger partial charge in [-0.25, -0.2) is 0 Å². The first kappa shape index (κ1) is 24.3. The number of fused-ring (bicyclic) bond motifs is 1. The molecular weight excluding hydrogens is 501 g/mol. The zero-order valence-electron chi connectivity index (χ0n) is 18.8. The van der Waals surface area contributed by atoms with E-state index in [0.717, 1.165) is 51.4 Å². The summed E-state index contributed by atoms with van der Waals surface area (Å²) in [5.41, 5.74) is 1.42. The molecule has 6 nitrogen and oxygen atoms in total. The minimum absolute atomic E-state index is 0. The third-order valence-corrected chi connectivity index (χ3v) is 6.73. The number of likely N-dealkylation sites (tertiary alicyclic amines) is 2. The van der Waals surface area contributed by atoms with Crippen molar-refractivity contribution in [1.82, 2.24) is 20.4 Å². The normalized spacial score (nSPS) is 24.2. The van der Waals surface area contributed by atoms with Gasteiger partial charge in [-0.2, -0.15) is 0 Å². The number of nitrogens with one attached hydrogen (secondary N) is 2. The van der Waals surface area contributed by atoms with Crippen molar-refractivity contribution in [3.63, 3.8) is 0 Å². The molecule has 1 amide bonds. The van der Waals surface area contributed by atoms with Crippen molar-refractivity contribution in [2.75, 3.05) is 33.2 Å². The Bertz CT molecular complexity index is 724. The summed E-state index contributed by atoms with van der Waals surface area (Å²) in [5.74, 6) is 1.89. The number of hydrogen-bond donors (Lipinski definition) is 2. The number of rotatable bonds is 7. The lowest BCUT2D eigenvalue weighted by Crippen LogP contribution is -2.56. The van der Waals surface area contributed by atoms with Crippen LogP contribution in [0, 0.1) is 5.92 Å². The predicted molar refractivity (Wildman–Crippen MR) is 137 cm³/mol. The fraction of sp³-hybridized carbons (Fsp3) is 0.667. The highest BCUT2D eigenvalue weighted by atomic mass is 127. The van der Waals surface area contributed by atoms with Crippen molar-refractivity contribution in [2.45, 2.75) is 63.6 Å². The number of amides is 1. The van der Waals surface area contributed by atoms with Crippen LogP contribution in [0.1, 0.15) is 50.5 Å². The lowest BCUT2D eigenvalue weighted by molar-refractivity contribution is -0.121. The smallest absolute Gasteiger partial charge is 0.220 e. The highest BCUT2D eigenvalue weighted by Crippen LogP contribution is 2.31. The first-order chi connectivity index (χ1) is 14.7. The van der Waals surface area contributed by atoms with E-state index in [2.05, 4.69) is 55.8 Å². The van der Waals surface area contributed by atoms with Crippen LogP contribution in [-0.4, -0.2) is 67.0 Å². The van der Waals surface area contributed by atoms with E-state index < -0.39 is 0 Å². The summed E-state index contributed by atoms with van der Waals surface area (Å²) >= 11 is 0. The molecule has 2 unspecified atom stereocenters. The number of hydrogen-bond acceptors (Lipinski definition) is 3. The van der Waals surface area contributed by atoms with E-state index in [1.807, 2.05) is 7.05 Å². The molecule has 1 saturated carbocycles. The van der Waals surface area contributed by atoms with Gasteiger partial charge in [0.2, 0.25) is 5.91 Å². The molecule has 2 aliphatic heterocycles. The summed E-state index contributed by atoms with van der Waals surface area (Å²) in [7, 11) is 1.87. The van der Waals surface area contributed by atoms with E-state index >= 15 is 0 Å². The van der Waals surface area contributed by atoms with Gasteiger partial charge in [0.1, 0.15) is 0 Å². The second-order valence-electron chi connectivity index (χ2n) is 9.08. The maximum atomic E-state index is 11.8. The maximum Gasteiger partial charge on any atom is 0.220 e. The number of carbonyl (C=O) groups excluding carboxylic acids is 1. The number of benzene rings is 1. The van der Waals surface area contributed by atoms with Crippen LogP contribution in [0.5, 0.6) is 0 Å². The molecule has 2 heterocycles. The highest BCUT2D eigenvalue weighted by Gasteiger charge is 2.36. The Balaban J connectivity index is 0.00000272. The quantitative estimate of drug-likeness (QED) is 0.242. The molecule has 172 valence electrons. The van der Waals surface area contributed by atoms with Crippen molar-refractivity contribution < 1.29 is 4.79 Å². The SMILES string of the molecule is CN=C(NCCCC(=O)NC1CC1)N1CCC2C(CCCN2Cc2ccccc2)C1.I. The van der Waals surface area contributed by atoms with E-state index in [1.54, 1.807) is 0 Å². The predicted octanol–water partition coefficient (Wildman–Crippen LogP) is 3.23. The average Bonchev–Trinajstić information content (AvgIpc) is 3.58. The Labute approximate surface area is 204 Å². The number of carbonyl (C=O) groups is 1. The monoisotopic (exact) mass is 539 g/mol. The van der Waals surface area contributed by atoms with Gasteiger partial charge in [-0.3, -0.25) is 14.7 Å². The van der Waals surface area contributed by atoms with Crippen LogP contribution >= 0.6 is 24.0 Å². The van der Waals surface area contributed by atoms with Crippen molar-refractivity contribution in [3.8, 4) is 0 Å². The fourth-order valence-electron chi connectivity index (χ4n) is 5.02. The van der Waals surface area contributed by atoms with Gasteiger partial charge in [0.25, 0.3) is 0 Å². The van der Waals surface area contributed by atoms with Gasteiger partial charge >= 0.3 is 0 Å². The molecule has 2 saturated heterocycles. The highest BCUT2D eigenvalue weighted by molar-refractivity contribution is 14.0. The van der Waals surface area contributed by atoms with Gasteiger partial charge in [-0.1, -0.05) is 30.3 Å². The van der Waals surface area contributed by atoms with Crippen molar-refractivity contribution in [1.29, 1.82) is 0 Å². The standard InChI is InChI=1S/C24H37N5O.HI/c1-25-24(26-14-5-10-23(30)27-21-11-12-21)29-16-13-22-20(18-29)9-6-15-28(22)17-19-7-3-2-4-8-19;/h2-4,7-8,20-22H,5-6,9-18H2,1H3,(H,25,26)(H,27,30);1H. The number of halogens is 1. The topological polar surface area (TPSA) is 60.0 Å². The lowest BCUT2D eigenvalue weighted by atomic mass is 9.83. The molecule has 7 heteroatoms. The molecule has 0 radical (unpaired) electrons. The zero-order chi connectivity index (χ0) is 20.8. The molecule has 1 aromatic carbocycles. The van der Waals surface area contributed by atoms with Gasteiger partial charge in [0.15, 0.2) is 5.96 Å². The van der Waals surface area contributed by atoms with Gasteiger partial charge in [-0.05, 0) is 56.6 Å². The number of nitrogens with zero attached hydrogens (tertiary/aromatic N) is 3. The fourth-order valence-corrected chi connectivity index (χ4v) is 5.02. The Morgan fingerprint density at radius 3 is 2.68 bits per heavy atom. The van der Waals surface area contributed by atoms with Gasteiger partial charge < -0.3 is 15.5 Å². The van der Waals surface area contributed by atoms with E-state index in [0.29, 0.717) is 24.4 Å². The largest absolute Gasteiger partial charge is 0.356 e. The molecule has 0 spiro atoms. The van der Waals surface area contributed by atoms with Crippen LogP contribution < -0.4 is 10.6 Å². The van der Waals surface area contributed by atoms with Crippen LogP contribution in [0.15, 0.2) is 35.3 Å². The summed E-state index contributed by atoms with van der Waals surface area (Å²) in [6.07, 6.45) is 7.53. The van der Waals surface area contributed by atoms with Crippen LogP contribution in [0.3, 0.4) is 0 Å². The van der Waals surface area contributed by atoms with Crippen molar-refractivity contribution in [2.24, 2.45) is 10.9 Å². The third kappa shape index (κ3) is 7.07. The van der Waals surface area contributed by atoms with Crippen LogP contribution in [0.4, 0.5) is 0 Å². The minimum Gasteiger partial charge on any atom is -0.356 e. The first-order valence-corrected chi connectivity index (χ1v) is 11.8. The second-order valence-corrected chi connectivity index (χ2v) is 9.08. The summed E-state index contributed by atoms with van der Waals surface area (Å²) in [6, 6.07) is 12.0.